The van der Waals surface area contributed by atoms with Gasteiger partial charge in [-0.1, -0.05) is 6.07 Å². The van der Waals surface area contributed by atoms with Gasteiger partial charge in [0.25, 0.3) is 0 Å². The minimum absolute atomic E-state index is 0.0327. The average molecular weight is 272 g/mol. The Hall–Kier alpha value is -0.620. The van der Waals surface area contributed by atoms with Crippen molar-refractivity contribution in [3.63, 3.8) is 0 Å². The predicted octanol–water partition coefficient (Wildman–Crippen LogP) is 3.15. The molecule has 1 unspecified atom stereocenters. The van der Waals surface area contributed by atoms with Gasteiger partial charge in [0.1, 0.15) is 11.9 Å². The maximum atomic E-state index is 12.7. The van der Waals surface area contributed by atoms with Crippen LogP contribution in [0.4, 0.5) is 17.6 Å². The first-order valence-electron chi connectivity index (χ1n) is 3.59. The molecule has 1 aromatic rings. The van der Waals surface area contributed by atoms with Gasteiger partial charge >= 0.3 is 6.18 Å². The minimum Gasteiger partial charge on any atom is -0.316 e. The van der Waals surface area contributed by atoms with E-state index >= 15 is 0 Å². The third-order valence-corrected chi connectivity index (χ3v) is 2.26. The van der Waals surface area contributed by atoms with Crippen molar-refractivity contribution in [3.8, 4) is 0 Å². The summed E-state index contributed by atoms with van der Waals surface area (Å²) in [6.45, 7) is 0. The molecule has 78 valence electrons. The van der Waals surface area contributed by atoms with Gasteiger partial charge in [0.2, 0.25) is 0 Å². The molecule has 0 saturated carbocycles. The molecule has 0 amide bonds. The van der Waals surface area contributed by atoms with Crippen LogP contribution in [-0.4, -0.2) is 6.18 Å². The molecular formula is C8H6BrF4N. The number of nitrogens with two attached hydrogens (primary N) is 1. The summed E-state index contributed by atoms with van der Waals surface area (Å²) in [5.41, 5.74) is 4.75. The molecule has 0 radical (unpaired) electrons. The molecule has 0 bridgehead atoms. The van der Waals surface area contributed by atoms with Gasteiger partial charge in [0.05, 0.1) is 4.47 Å². The number of halogens is 5. The molecular weight excluding hydrogens is 266 g/mol. The van der Waals surface area contributed by atoms with Crippen LogP contribution in [0, 0.1) is 5.82 Å². The summed E-state index contributed by atoms with van der Waals surface area (Å²) in [6, 6.07) is 0.885. The smallest absolute Gasteiger partial charge is 0.316 e. The van der Waals surface area contributed by atoms with E-state index in [2.05, 4.69) is 15.9 Å². The molecule has 0 aliphatic heterocycles. The Morgan fingerprint density at radius 2 is 1.86 bits per heavy atom. The summed E-state index contributed by atoms with van der Waals surface area (Å²) in [7, 11) is 0. The van der Waals surface area contributed by atoms with Gasteiger partial charge in [0, 0.05) is 0 Å². The van der Waals surface area contributed by atoms with E-state index in [1.165, 1.54) is 0 Å². The molecule has 0 saturated heterocycles. The standard InChI is InChI=1S/C8H6BrF4N/c9-5-3-4(1-2-6(5)10)7(14)8(11,12)13/h1-3,7H,14H2. The molecule has 0 aromatic heterocycles. The van der Waals surface area contributed by atoms with Gasteiger partial charge in [-0.2, -0.15) is 13.2 Å². The molecule has 0 heterocycles. The van der Waals surface area contributed by atoms with Crippen molar-refractivity contribution in [1.82, 2.24) is 0 Å². The van der Waals surface area contributed by atoms with E-state index in [0.717, 1.165) is 18.2 Å². The van der Waals surface area contributed by atoms with E-state index in [0.29, 0.717) is 0 Å². The van der Waals surface area contributed by atoms with Crippen LogP contribution in [0.2, 0.25) is 0 Å². The first kappa shape index (κ1) is 11.5. The van der Waals surface area contributed by atoms with Gasteiger partial charge in [-0.15, -0.1) is 0 Å². The van der Waals surface area contributed by atoms with Crippen LogP contribution >= 0.6 is 15.9 Å². The van der Waals surface area contributed by atoms with Crippen LogP contribution in [0.5, 0.6) is 0 Å². The van der Waals surface area contributed by atoms with E-state index in [1.54, 1.807) is 0 Å². The van der Waals surface area contributed by atoms with Gasteiger partial charge < -0.3 is 5.73 Å². The molecule has 1 rings (SSSR count). The van der Waals surface area contributed by atoms with Crippen molar-refractivity contribution in [2.45, 2.75) is 12.2 Å². The lowest BCUT2D eigenvalue weighted by Gasteiger charge is -2.15. The predicted molar refractivity (Wildman–Crippen MR) is 47.1 cm³/mol. The Bertz CT molecular complexity index is 337. The van der Waals surface area contributed by atoms with E-state index in [4.69, 9.17) is 5.73 Å². The molecule has 1 aromatic carbocycles. The highest BCUT2D eigenvalue weighted by Gasteiger charge is 2.37. The Kier molecular flexibility index (Phi) is 3.16. The third kappa shape index (κ3) is 2.45. The zero-order valence-electron chi connectivity index (χ0n) is 6.78. The van der Waals surface area contributed by atoms with Gasteiger partial charge in [-0.05, 0) is 33.6 Å². The van der Waals surface area contributed by atoms with Crippen LogP contribution in [0.1, 0.15) is 11.6 Å². The molecule has 1 atom stereocenters. The van der Waals surface area contributed by atoms with Crippen LogP contribution in [0.3, 0.4) is 0 Å². The molecule has 0 aliphatic carbocycles. The SMILES string of the molecule is NC(c1ccc(F)c(Br)c1)C(F)(F)F. The van der Waals surface area contributed by atoms with Crippen molar-refractivity contribution in [1.29, 1.82) is 0 Å². The second-order valence-electron chi connectivity index (χ2n) is 2.69. The van der Waals surface area contributed by atoms with Crippen LogP contribution in [0.15, 0.2) is 22.7 Å². The summed E-state index contributed by atoms with van der Waals surface area (Å²) in [5, 5.41) is 0. The number of benzene rings is 1. The second kappa shape index (κ2) is 3.86. The molecule has 6 heteroatoms. The Balaban J connectivity index is 3.03. The summed E-state index contributed by atoms with van der Waals surface area (Å²) >= 11 is 2.78. The maximum absolute atomic E-state index is 12.7. The molecule has 0 spiro atoms. The van der Waals surface area contributed by atoms with Crippen LogP contribution in [-0.2, 0) is 0 Å². The van der Waals surface area contributed by atoms with Crippen LogP contribution < -0.4 is 5.73 Å². The van der Waals surface area contributed by atoms with Crippen molar-refractivity contribution in [3.05, 3.63) is 34.1 Å². The van der Waals surface area contributed by atoms with E-state index in [9.17, 15) is 17.6 Å². The zero-order chi connectivity index (χ0) is 10.9. The minimum atomic E-state index is -4.52. The fourth-order valence-electron chi connectivity index (χ4n) is 0.895. The molecule has 2 N–H and O–H groups in total. The summed E-state index contributed by atoms with van der Waals surface area (Å²) in [5.74, 6) is -0.622. The van der Waals surface area contributed by atoms with Crippen LogP contribution in [0.25, 0.3) is 0 Å². The fourth-order valence-corrected chi connectivity index (χ4v) is 1.29. The second-order valence-corrected chi connectivity index (χ2v) is 3.55. The van der Waals surface area contributed by atoms with Crippen molar-refractivity contribution in [2.75, 3.05) is 0 Å². The number of hydrogen-bond donors (Lipinski definition) is 1. The highest BCUT2D eigenvalue weighted by molar-refractivity contribution is 9.10. The number of rotatable bonds is 1. The molecule has 14 heavy (non-hydrogen) atoms. The maximum Gasteiger partial charge on any atom is 0.407 e. The monoisotopic (exact) mass is 271 g/mol. The zero-order valence-corrected chi connectivity index (χ0v) is 8.36. The lowest BCUT2D eigenvalue weighted by Crippen LogP contribution is -2.28. The van der Waals surface area contributed by atoms with Crippen molar-refractivity contribution in [2.24, 2.45) is 5.73 Å². The normalized spacial score (nSPS) is 14.1. The van der Waals surface area contributed by atoms with E-state index < -0.39 is 18.0 Å². The fraction of sp³-hybridized carbons (Fsp3) is 0.250. The molecule has 0 aliphatic rings. The van der Waals surface area contributed by atoms with E-state index in [1.807, 2.05) is 0 Å². The lowest BCUT2D eigenvalue weighted by atomic mass is 10.1. The Morgan fingerprint density at radius 1 is 1.29 bits per heavy atom. The average Bonchev–Trinajstić information content (AvgIpc) is 2.07. The number of hydrogen-bond acceptors (Lipinski definition) is 1. The van der Waals surface area contributed by atoms with Gasteiger partial charge in [0.15, 0.2) is 0 Å². The Morgan fingerprint density at radius 3 is 2.29 bits per heavy atom. The summed E-state index contributed by atoms with van der Waals surface area (Å²) in [4.78, 5) is 0. The molecule has 0 fully saturated rings. The first-order chi connectivity index (χ1) is 6.32. The highest BCUT2D eigenvalue weighted by atomic mass is 79.9. The molecule has 1 nitrogen and oxygen atoms in total. The topological polar surface area (TPSA) is 26.0 Å². The first-order valence-corrected chi connectivity index (χ1v) is 4.39. The quantitative estimate of drug-likeness (QED) is 0.781. The van der Waals surface area contributed by atoms with Gasteiger partial charge in [-0.3, -0.25) is 0 Å². The number of alkyl halides is 3. The summed E-state index contributed by atoms with van der Waals surface area (Å²) < 4.78 is 49.1. The third-order valence-electron chi connectivity index (χ3n) is 1.66. The van der Waals surface area contributed by atoms with Crippen molar-refractivity contribution < 1.29 is 17.6 Å². The van der Waals surface area contributed by atoms with E-state index in [-0.39, 0.29) is 10.0 Å². The van der Waals surface area contributed by atoms with Crippen molar-refractivity contribution >= 4 is 15.9 Å². The van der Waals surface area contributed by atoms with Gasteiger partial charge in [-0.25, -0.2) is 4.39 Å². The largest absolute Gasteiger partial charge is 0.407 e. The summed E-state index contributed by atoms with van der Waals surface area (Å²) in [6.07, 6.45) is -4.52. The Labute approximate surface area is 86.0 Å². The highest BCUT2D eigenvalue weighted by Crippen LogP contribution is 2.31. The lowest BCUT2D eigenvalue weighted by molar-refractivity contribution is -0.149.